The predicted octanol–water partition coefficient (Wildman–Crippen LogP) is 5.06. The molecule has 0 aliphatic carbocycles. The zero-order chi connectivity index (χ0) is 26.2. The van der Waals surface area contributed by atoms with Crippen LogP contribution in [0.15, 0.2) is 78.9 Å². The number of benzene rings is 3. The van der Waals surface area contributed by atoms with Crippen molar-refractivity contribution in [3.8, 4) is 11.5 Å². The number of hydrogen-bond acceptors (Lipinski definition) is 5. The van der Waals surface area contributed by atoms with Gasteiger partial charge in [0, 0.05) is 12.2 Å². The number of thiocarbonyl (C=S) groups is 1. The number of anilines is 2. The molecule has 1 aliphatic rings. The molecule has 1 atom stereocenters. The number of nitrogens with zero attached hydrogens (tertiary/aromatic N) is 2. The summed E-state index contributed by atoms with van der Waals surface area (Å²) in [5.74, 6) is 1.07. The lowest BCUT2D eigenvalue weighted by atomic mass is 10.1. The number of hydrogen-bond donors (Lipinski definition) is 1. The molecule has 3 aromatic rings. The van der Waals surface area contributed by atoms with E-state index >= 15 is 0 Å². The minimum Gasteiger partial charge on any atom is -0.497 e. The number of amides is 2. The molecule has 1 aliphatic heterocycles. The third-order valence-corrected chi connectivity index (χ3v) is 6.54. The van der Waals surface area contributed by atoms with Crippen molar-refractivity contribution in [2.75, 3.05) is 30.5 Å². The normalized spacial score (nSPS) is 15.1. The van der Waals surface area contributed by atoms with Gasteiger partial charge in [0.15, 0.2) is 5.11 Å². The summed E-state index contributed by atoms with van der Waals surface area (Å²) < 4.78 is 10.8. The molecule has 8 heteroatoms. The number of para-hydroxylation sites is 1. The molecule has 7 nitrogen and oxygen atoms in total. The molecule has 0 saturated carbocycles. The molecule has 3 aromatic carbocycles. The predicted molar refractivity (Wildman–Crippen MR) is 149 cm³/mol. The van der Waals surface area contributed by atoms with E-state index in [1.165, 1.54) is 4.90 Å². The lowest BCUT2D eigenvalue weighted by molar-refractivity contribution is -0.124. The van der Waals surface area contributed by atoms with E-state index in [0.717, 1.165) is 23.5 Å². The van der Waals surface area contributed by atoms with Gasteiger partial charge in [-0.15, -0.1) is 0 Å². The van der Waals surface area contributed by atoms with E-state index in [4.69, 9.17) is 21.7 Å². The molecule has 1 unspecified atom stereocenters. The summed E-state index contributed by atoms with van der Waals surface area (Å²) in [5.41, 5.74) is 2.42. The number of carbonyl (C=O) groups excluding carboxylic acids is 2. The van der Waals surface area contributed by atoms with Crippen molar-refractivity contribution in [2.24, 2.45) is 0 Å². The molecule has 1 heterocycles. The molecule has 0 aromatic heterocycles. The third-order valence-electron chi connectivity index (χ3n) is 6.12. The van der Waals surface area contributed by atoms with Crippen LogP contribution in [0.4, 0.5) is 11.4 Å². The summed E-state index contributed by atoms with van der Waals surface area (Å²) in [6.45, 7) is 3.19. The van der Waals surface area contributed by atoms with E-state index in [-0.39, 0.29) is 18.2 Å². The molecule has 1 saturated heterocycles. The van der Waals surface area contributed by atoms with Gasteiger partial charge in [0.2, 0.25) is 5.91 Å². The number of nitrogens with one attached hydrogen (secondary N) is 1. The minimum absolute atomic E-state index is 0.0149. The molecule has 1 fully saturated rings. The second kappa shape index (κ2) is 12.4. The van der Waals surface area contributed by atoms with E-state index < -0.39 is 6.04 Å². The van der Waals surface area contributed by atoms with E-state index in [1.54, 1.807) is 19.2 Å². The van der Waals surface area contributed by atoms with Gasteiger partial charge < -0.3 is 19.7 Å². The Hall–Kier alpha value is -3.91. The standard InChI is InChI=1S/C29H31N3O4S/c1-3-19-36-25-15-11-22(12-16-25)30-27(33)20-26-28(34)32(23-7-5-4-6-8-23)29(37)31(26)18-17-21-9-13-24(35-2)14-10-21/h4-16,26H,3,17-20H2,1-2H3,(H,30,33). The van der Waals surface area contributed by atoms with E-state index in [1.807, 2.05) is 78.6 Å². The lowest BCUT2D eigenvalue weighted by Gasteiger charge is -2.24. The van der Waals surface area contributed by atoms with Crippen LogP contribution < -0.4 is 19.7 Å². The first-order valence-corrected chi connectivity index (χ1v) is 12.8. The van der Waals surface area contributed by atoms with Gasteiger partial charge in [-0.25, -0.2) is 0 Å². The van der Waals surface area contributed by atoms with Crippen LogP contribution in [0.1, 0.15) is 25.3 Å². The largest absolute Gasteiger partial charge is 0.497 e. The fourth-order valence-electron chi connectivity index (χ4n) is 4.19. The van der Waals surface area contributed by atoms with Gasteiger partial charge in [0.1, 0.15) is 17.5 Å². The average molecular weight is 518 g/mol. The topological polar surface area (TPSA) is 71.1 Å². The summed E-state index contributed by atoms with van der Waals surface area (Å²) >= 11 is 5.75. The highest BCUT2D eigenvalue weighted by Crippen LogP contribution is 2.28. The van der Waals surface area contributed by atoms with Crippen LogP contribution in [0.2, 0.25) is 0 Å². The van der Waals surface area contributed by atoms with Gasteiger partial charge in [-0.1, -0.05) is 37.3 Å². The van der Waals surface area contributed by atoms with Crippen LogP contribution in [0.25, 0.3) is 0 Å². The summed E-state index contributed by atoms with van der Waals surface area (Å²) in [6, 6.07) is 23.6. The summed E-state index contributed by atoms with van der Waals surface area (Å²) in [6.07, 6.45) is 1.57. The number of ether oxygens (including phenoxy) is 2. The maximum atomic E-state index is 13.5. The molecule has 192 valence electrons. The molecule has 1 N–H and O–H groups in total. The maximum Gasteiger partial charge on any atom is 0.256 e. The smallest absolute Gasteiger partial charge is 0.256 e. The van der Waals surface area contributed by atoms with Crippen molar-refractivity contribution in [3.63, 3.8) is 0 Å². The summed E-state index contributed by atoms with van der Waals surface area (Å²) in [5, 5.41) is 3.30. The minimum atomic E-state index is -0.696. The second-order valence-electron chi connectivity index (χ2n) is 8.72. The molecular weight excluding hydrogens is 486 g/mol. The van der Waals surface area contributed by atoms with Crippen LogP contribution >= 0.6 is 12.2 Å². The van der Waals surface area contributed by atoms with Crippen molar-refractivity contribution in [1.82, 2.24) is 4.90 Å². The first-order valence-electron chi connectivity index (χ1n) is 12.4. The lowest BCUT2D eigenvalue weighted by Crippen LogP contribution is -2.39. The monoisotopic (exact) mass is 517 g/mol. The van der Waals surface area contributed by atoms with Crippen molar-refractivity contribution in [2.45, 2.75) is 32.2 Å². The Kier molecular flexibility index (Phi) is 8.74. The molecule has 2 amide bonds. The van der Waals surface area contributed by atoms with E-state index in [9.17, 15) is 9.59 Å². The summed E-state index contributed by atoms with van der Waals surface area (Å²) in [7, 11) is 1.63. The first kappa shape index (κ1) is 26.2. The Balaban J connectivity index is 1.48. The molecule has 0 bridgehead atoms. The van der Waals surface area contributed by atoms with Gasteiger partial charge in [-0.05, 0) is 79.2 Å². The van der Waals surface area contributed by atoms with Crippen LogP contribution in [0, 0.1) is 0 Å². The van der Waals surface area contributed by atoms with Gasteiger partial charge in [0.25, 0.3) is 5.91 Å². The van der Waals surface area contributed by atoms with Crippen molar-refractivity contribution in [1.29, 1.82) is 0 Å². The highest BCUT2D eigenvalue weighted by molar-refractivity contribution is 7.80. The van der Waals surface area contributed by atoms with Crippen molar-refractivity contribution in [3.05, 3.63) is 84.4 Å². The Bertz CT molecular complexity index is 1220. The van der Waals surface area contributed by atoms with Crippen molar-refractivity contribution >= 4 is 40.5 Å². The fraction of sp³-hybridized carbons (Fsp3) is 0.276. The fourth-order valence-corrected chi connectivity index (χ4v) is 4.60. The Labute approximate surface area is 223 Å². The number of rotatable bonds is 11. The maximum absolute atomic E-state index is 13.5. The van der Waals surface area contributed by atoms with Gasteiger partial charge >= 0.3 is 0 Å². The Morgan fingerprint density at radius 1 is 0.973 bits per heavy atom. The van der Waals surface area contributed by atoms with Crippen LogP contribution in [0.3, 0.4) is 0 Å². The number of methoxy groups -OCH3 is 1. The van der Waals surface area contributed by atoms with Crippen molar-refractivity contribution < 1.29 is 19.1 Å². The van der Waals surface area contributed by atoms with Gasteiger partial charge in [-0.3, -0.25) is 14.5 Å². The van der Waals surface area contributed by atoms with Gasteiger partial charge in [-0.2, -0.15) is 0 Å². The first-order chi connectivity index (χ1) is 18.0. The number of carbonyl (C=O) groups is 2. The SMILES string of the molecule is CCCOc1ccc(NC(=O)CC2C(=O)N(c3ccccc3)C(=S)N2CCc2ccc(OC)cc2)cc1. The van der Waals surface area contributed by atoms with Crippen LogP contribution in [0.5, 0.6) is 11.5 Å². The Morgan fingerprint density at radius 3 is 2.30 bits per heavy atom. The molecular formula is C29H31N3O4S. The van der Waals surface area contributed by atoms with Crippen LogP contribution in [-0.4, -0.2) is 48.1 Å². The zero-order valence-electron chi connectivity index (χ0n) is 21.1. The second-order valence-corrected chi connectivity index (χ2v) is 9.09. The molecule has 0 spiro atoms. The van der Waals surface area contributed by atoms with Gasteiger partial charge in [0.05, 0.1) is 25.8 Å². The van der Waals surface area contributed by atoms with Crippen LogP contribution in [-0.2, 0) is 16.0 Å². The van der Waals surface area contributed by atoms with E-state index in [0.29, 0.717) is 36.1 Å². The zero-order valence-corrected chi connectivity index (χ0v) is 21.9. The van der Waals surface area contributed by atoms with E-state index in [2.05, 4.69) is 5.32 Å². The summed E-state index contributed by atoms with van der Waals surface area (Å²) in [4.78, 5) is 29.9. The quantitative estimate of drug-likeness (QED) is 0.359. The highest BCUT2D eigenvalue weighted by Gasteiger charge is 2.43. The third kappa shape index (κ3) is 6.46. The highest BCUT2D eigenvalue weighted by atomic mass is 32.1. The average Bonchev–Trinajstić information content (AvgIpc) is 3.15. The molecule has 4 rings (SSSR count). The Morgan fingerprint density at radius 2 is 1.65 bits per heavy atom. The molecule has 0 radical (unpaired) electrons. The molecule has 37 heavy (non-hydrogen) atoms.